The standard InChI is InChI=1S/C6H3F3N4O2/c7-6(8,9)4-3(5(14)15)11-12-13(4)2-1-10/h2H2,(H,14,15). The van der Waals surface area contributed by atoms with Crippen LogP contribution in [0.4, 0.5) is 13.2 Å². The highest BCUT2D eigenvalue weighted by Gasteiger charge is 2.41. The predicted molar refractivity (Wildman–Crippen MR) is 37.6 cm³/mol. The Balaban J connectivity index is 3.34. The minimum absolute atomic E-state index is 0.198. The summed E-state index contributed by atoms with van der Waals surface area (Å²) in [4.78, 5) is 10.4. The number of aromatic carboxylic acids is 1. The average Bonchev–Trinajstić information content (AvgIpc) is 2.47. The van der Waals surface area contributed by atoms with Crippen molar-refractivity contribution in [3.8, 4) is 6.07 Å². The van der Waals surface area contributed by atoms with E-state index in [0.29, 0.717) is 0 Å². The summed E-state index contributed by atoms with van der Waals surface area (Å²) in [6.45, 7) is -0.713. The molecular weight excluding hydrogens is 217 g/mol. The summed E-state index contributed by atoms with van der Waals surface area (Å²) in [5.41, 5.74) is -2.74. The van der Waals surface area contributed by atoms with E-state index in [1.807, 2.05) is 0 Å². The smallest absolute Gasteiger partial charge is 0.435 e. The number of halogens is 3. The molecule has 0 aliphatic rings. The number of carbonyl (C=O) groups is 1. The van der Waals surface area contributed by atoms with Gasteiger partial charge in [-0.25, -0.2) is 9.48 Å². The number of aromatic nitrogens is 3. The zero-order valence-corrected chi connectivity index (χ0v) is 6.99. The van der Waals surface area contributed by atoms with Crippen molar-refractivity contribution in [1.82, 2.24) is 15.0 Å². The molecule has 15 heavy (non-hydrogen) atoms. The molecule has 1 rings (SSSR count). The van der Waals surface area contributed by atoms with Gasteiger partial charge in [-0.2, -0.15) is 18.4 Å². The van der Waals surface area contributed by atoms with Gasteiger partial charge in [-0.1, -0.05) is 5.21 Å². The van der Waals surface area contributed by atoms with Crippen LogP contribution in [0, 0.1) is 11.3 Å². The SMILES string of the molecule is N#CCn1nnc(C(=O)O)c1C(F)(F)F. The van der Waals surface area contributed by atoms with Crippen LogP contribution < -0.4 is 0 Å². The first-order chi connectivity index (χ1) is 6.88. The lowest BCUT2D eigenvalue weighted by atomic mass is 10.3. The van der Waals surface area contributed by atoms with Crippen molar-refractivity contribution in [3.05, 3.63) is 11.4 Å². The fourth-order valence-electron chi connectivity index (χ4n) is 0.915. The lowest BCUT2D eigenvalue weighted by Crippen LogP contribution is -2.18. The van der Waals surface area contributed by atoms with E-state index in [9.17, 15) is 18.0 Å². The molecule has 0 bridgehead atoms. The van der Waals surface area contributed by atoms with Gasteiger partial charge in [-0.15, -0.1) is 5.10 Å². The van der Waals surface area contributed by atoms with Gasteiger partial charge < -0.3 is 5.11 Å². The molecule has 0 fully saturated rings. The molecule has 0 spiro atoms. The van der Waals surface area contributed by atoms with Crippen LogP contribution >= 0.6 is 0 Å². The van der Waals surface area contributed by atoms with Crippen LogP contribution in [-0.4, -0.2) is 26.1 Å². The Kier molecular flexibility index (Phi) is 2.61. The Morgan fingerprint density at radius 1 is 1.60 bits per heavy atom. The van der Waals surface area contributed by atoms with Gasteiger partial charge in [0.25, 0.3) is 0 Å². The van der Waals surface area contributed by atoms with Crippen LogP contribution in [0.3, 0.4) is 0 Å². The van der Waals surface area contributed by atoms with Gasteiger partial charge in [0.1, 0.15) is 6.54 Å². The van der Waals surface area contributed by atoms with Gasteiger partial charge in [-0.05, 0) is 0 Å². The summed E-state index contributed by atoms with van der Waals surface area (Å²) in [6, 6.07) is 1.42. The van der Waals surface area contributed by atoms with Crippen LogP contribution in [0.1, 0.15) is 16.2 Å². The van der Waals surface area contributed by atoms with Crippen LogP contribution in [0.25, 0.3) is 0 Å². The molecule has 0 unspecified atom stereocenters. The normalized spacial score (nSPS) is 11.1. The summed E-state index contributed by atoms with van der Waals surface area (Å²) in [6.07, 6.45) is -4.91. The van der Waals surface area contributed by atoms with E-state index in [-0.39, 0.29) is 4.68 Å². The third-order valence-corrected chi connectivity index (χ3v) is 1.43. The molecule has 0 atom stereocenters. The number of hydrogen-bond donors (Lipinski definition) is 1. The molecule has 1 aromatic rings. The highest BCUT2D eigenvalue weighted by molar-refractivity contribution is 5.86. The highest BCUT2D eigenvalue weighted by atomic mass is 19.4. The highest BCUT2D eigenvalue weighted by Crippen LogP contribution is 2.30. The summed E-state index contributed by atoms with van der Waals surface area (Å²) >= 11 is 0. The number of carboxylic acid groups (broad SMARTS) is 1. The summed E-state index contributed by atoms with van der Waals surface area (Å²) in [5, 5.41) is 22.4. The average molecular weight is 220 g/mol. The van der Waals surface area contributed by atoms with Crippen LogP contribution in [0.5, 0.6) is 0 Å². The zero-order chi connectivity index (χ0) is 11.6. The monoisotopic (exact) mass is 220 g/mol. The third kappa shape index (κ3) is 2.04. The molecule has 0 radical (unpaired) electrons. The van der Waals surface area contributed by atoms with Crippen LogP contribution in [0.15, 0.2) is 0 Å². The first-order valence-corrected chi connectivity index (χ1v) is 3.49. The van der Waals surface area contributed by atoms with Crippen molar-refractivity contribution in [2.45, 2.75) is 12.7 Å². The van der Waals surface area contributed by atoms with Crippen molar-refractivity contribution in [2.24, 2.45) is 0 Å². The van der Waals surface area contributed by atoms with Gasteiger partial charge in [0, 0.05) is 0 Å². The summed E-state index contributed by atoms with van der Waals surface area (Å²) in [7, 11) is 0. The molecular formula is C6H3F3N4O2. The first kappa shape index (κ1) is 11.0. The van der Waals surface area contributed by atoms with E-state index >= 15 is 0 Å². The van der Waals surface area contributed by atoms with E-state index in [4.69, 9.17) is 10.4 Å². The molecule has 0 saturated heterocycles. The van der Waals surface area contributed by atoms with E-state index in [2.05, 4.69) is 10.3 Å². The largest absolute Gasteiger partial charge is 0.476 e. The maximum atomic E-state index is 12.4. The van der Waals surface area contributed by atoms with Gasteiger partial charge in [0.2, 0.25) is 5.69 Å². The van der Waals surface area contributed by atoms with E-state index in [1.54, 1.807) is 0 Å². The number of rotatable bonds is 2. The lowest BCUT2D eigenvalue weighted by Gasteiger charge is -2.06. The van der Waals surface area contributed by atoms with Crippen LogP contribution in [-0.2, 0) is 12.7 Å². The molecule has 1 N–H and O–H groups in total. The van der Waals surface area contributed by atoms with E-state index in [1.165, 1.54) is 6.07 Å². The Labute approximate surface area is 80.5 Å². The molecule has 0 amide bonds. The minimum Gasteiger partial charge on any atom is -0.476 e. The second kappa shape index (κ2) is 3.56. The second-order valence-electron chi connectivity index (χ2n) is 2.41. The fourth-order valence-corrected chi connectivity index (χ4v) is 0.915. The molecule has 0 saturated carbocycles. The zero-order valence-electron chi connectivity index (χ0n) is 6.99. The molecule has 80 valence electrons. The number of alkyl halides is 3. The molecule has 0 aromatic carbocycles. The second-order valence-corrected chi connectivity index (χ2v) is 2.41. The lowest BCUT2D eigenvalue weighted by molar-refractivity contribution is -0.144. The van der Waals surface area contributed by atoms with Crippen molar-refractivity contribution < 1.29 is 23.1 Å². The van der Waals surface area contributed by atoms with Gasteiger partial charge in [0.05, 0.1) is 6.07 Å². The Hall–Kier alpha value is -2.11. The Morgan fingerprint density at radius 3 is 2.60 bits per heavy atom. The maximum absolute atomic E-state index is 12.4. The van der Waals surface area contributed by atoms with Crippen molar-refractivity contribution in [2.75, 3.05) is 0 Å². The number of hydrogen-bond acceptors (Lipinski definition) is 4. The number of nitrogens with zero attached hydrogens (tertiary/aromatic N) is 4. The van der Waals surface area contributed by atoms with E-state index in [0.717, 1.165) is 0 Å². The Morgan fingerprint density at radius 2 is 2.20 bits per heavy atom. The Bertz CT molecular complexity index is 431. The maximum Gasteiger partial charge on any atom is 0.435 e. The van der Waals surface area contributed by atoms with Gasteiger partial charge >= 0.3 is 12.1 Å². The van der Waals surface area contributed by atoms with E-state index < -0.39 is 30.1 Å². The number of carboxylic acids is 1. The molecule has 6 nitrogen and oxygen atoms in total. The van der Waals surface area contributed by atoms with Gasteiger partial charge in [0.15, 0.2) is 5.69 Å². The van der Waals surface area contributed by atoms with Crippen LogP contribution in [0.2, 0.25) is 0 Å². The topological polar surface area (TPSA) is 91.8 Å². The molecule has 1 heterocycles. The van der Waals surface area contributed by atoms with Gasteiger partial charge in [-0.3, -0.25) is 0 Å². The van der Waals surface area contributed by atoms with Crippen molar-refractivity contribution in [1.29, 1.82) is 5.26 Å². The first-order valence-electron chi connectivity index (χ1n) is 3.49. The molecule has 0 aliphatic heterocycles. The number of nitriles is 1. The van der Waals surface area contributed by atoms with Crippen molar-refractivity contribution >= 4 is 5.97 Å². The summed E-state index contributed by atoms with van der Waals surface area (Å²) < 4.78 is 37.3. The minimum atomic E-state index is -4.91. The fraction of sp³-hybridized carbons (Fsp3) is 0.333. The quantitative estimate of drug-likeness (QED) is 0.784. The predicted octanol–water partition coefficient (Wildman–Crippen LogP) is 0.519. The molecule has 9 heteroatoms. The molecule has 1 aromatic heterocycles. The third-order valence-electron chi connectivity index (χ3n) is 1.43. The summed E-state index contributed by atoms with van der Waals surface area (Å²) in [5.74, 6) is -1.84. The van der Waals surface area contributed by atoms with Crippen molar-refractivity contribution in [3.63, 3.8) is 0 Å². The molecule has 0 aliphatic carbocycles.